The Morgan fingerprint density at radius 1 is 1.32 bits per heavy atom. The fourth-order valence-electron chi connectivity index (χ4n) is 2.17. The SMILES string of the molecule is OC1CCN(Cc2ccc(OC(F)F)c(F)c2)CC1. The molecular formula is C13H16F3NO2. The van der Waals surface area contributed by atoms with Crippen molar-refractivity contribution in [2.24, 2.45) is 0 Å². The van der Waals surface area contributed by atoms with Gasteiger partial charge < -0.3 is 9.84 Å². The van der Waals surface area contributed by atoms with Crippen molar-refractivity contribution in [2.45, 2.75) is 32.1 Å². The van der Waals surface area contributed by atoms with E-state index in [0.717, 1.165) is 13.1 Å². The number of aliphatic hydroxyl groups is 1. The van der Waals surface area contributed by atoms with Crippen molar-refractivity contribution in [3.8, 4) is 5.75 Å². The Kier molecular flexibility index (Phi) is 4.66. The van der Waals surface area contributed by atoms with E-state index in [0.29, 0.717) is 24.9 Å². The Balaban J connectivity index is 1.96. The van der Waals surface area contributed by atoms with Crippen LogP contribution in [0.25, 0.3) is 0 Å². The number of halogens is 3. The van der Waals surface area contributed by atoms with Crippen LogP contribution in [0.2, 0.25) is 0 Å². The zero-order valence-corrected chi connectivity index (χ0v) is 10.4. The number of nitrogens with zero attached hydrogens (tertiary/aromatic N) is 1. The van der Waals surface area contributed by atoms with Gasteiger partial charge in [0.1, 0.15) is 0 Å². The van der Waals surface area contributed by atoms with Crippen LogP contribution in [-0.2, 0) is 6.54 Å². The summed E-state index contributed by atoms with van der Waals surface area (Å²) in [5.41, 5.74) is 0.704. The normalized spacial score (nSPS) is 17.9. The van der Waals surface area contributed by atoms with Crippen LogP contribution in [0.5, 0.6) is 5.75 Å². The molecule has 3 nitrogen and oxygen atoms in total. The van der Waals surface area contributed by atoms with Crippen LogP contribution in [0.15, 0.2) is 18.2 Å². The molecule has 0 spiro atoms. The minimum atomic E-state index is -3.02. The van der Waals surface area contributed by atoms with E-state index in [-0.39, 0.29) is 6.10 Å². The average Bonchev–Trinajstić information content (AvgIpc) is 2.35. The first-order valence-electron chi connectivity index (χ1n) is 6.18. The highest BCUT2D eigenvalue weighted by molar-refractivity contribution is 5.29. The highest BCUT2D eigenvalue weighted by Gasteiger charge is 2.17. The zero-order chi connectivity index (χ0) is 13.8. The first-order chi connectivity index (χ1) is 9.04. The van der Waals surface area contributed by atoms with E-state index in [1.54, 1.807) is 6.07 Å². The van der Waals surface area contributed by atoms with Crippen LogP contribution >= 0.6 is 0 Å². The second-order valence-electron chi connectivity index (χ2n) is 4.65. The summed E-state index contributed by atoms with van der Waals surface area (Å²) in [7, 11) is 0. The average molecular weight is 275 g/mol. The van der Waals surface area contributed by atoms with Crippen LogP contribution in [0.4, 0.5) is 13.2 Å². The third-order valence-electron chi connectivity index (χ3n) is 3.18. The summed E-state index contributed by atoms with van der Waals surface area (Å²) in [5, 5.41) is 9.38. The van der Waals surface area contributed by atoms with Gasteiger partial charge in [0.15, 0.2) is 11.6 Å². The molecule has 6 heteroatoms. The minimum Gasteiger partial charge on any atom is -0.432 e. The third kappa shape index (κ3) is 4.11. The van der Waals surface area contributed by atoms with Crippen LogP contribution in [0, 0.1) is 5.82 Å². The summed E-state index contributed by atoms with van der Waals surface area (Å²) in [6.45, 7) is -0.988. The quantitative estimate of drug-likeness (QED) is 0.915. The van der Waals surface area contributed by atoms with Crippen LogP contribution < -0.4 is 4.74 Å². The number of hydrogen-bond acceptors (Lipinski definition) is 3. The number of likely N-dealkylation sites (tertiary alicyclic amines) is 1. The topological polar surface area (TPSA) is 32.7 Å². The summed E-state index contributed by atoms with van der Waals surface area (Å²) >= 11 is 0. The van der Waals surface area contributed by atoms with Crippen molar-refractivity contribution in [3.05, 3.63) is 29.6 Å². The lowest BCUT2D eigenvalue weighted by Crippen LogP contribution is -2.35. The predicted molar refractivity (Wildman–Crippen MR) is 63.5 cm³/mol. The molecule has 1 aliphatic heterocycles. The van der Waals surface area contributed by atoms with Crippen molar-refractivity contribution in [2.75, 3.05) is 13.1 Å². The molecule has 2 rings (SSSR count). The molecule has 0 amide bonds. The lowest BCUT2D eigenvalue weighted by Gasteiger charge is -2.29. The number of piperidine rings is 1. The van der Waals surface area contributed by atoms with Gasteiger partial charge in [-0.2, -0.15) is 8.78 Å². The van der Waals surface area contributed by atoms with Gasteiger partial charge >= 0.3 is 6.61 Å². The molecule has 1 N–H and O–H groups in total. The third-order valence-corrected chi connectivity index (χ3v) is 3.18. The molecule has 0 bridgehead atoms. The van der Waals surface area contributed by atoms with Crippen molar-refractivity contribution in [3.63, 3.8) is 0 Å². The summed E-state index contributed by atoms with van der Waals surface area (Å²) < 4.78 is 41.5. The van der Waals surface area contributed by atoms with Gasteiger partial charge in [-0.05, 0) is 30.5 Å². The molecule has 0 atom stereocenters. The highest BCUT2D eigenvalue weighted by Crippen LogP contribution is 2.22. The molecule has 1 saturated heterocycles. The first kappa shape index (κ1) is 14.1. The summed E-state index contributed by atoms with van der Waals surface area (Å²) in [4.78, 5) is 2.09. The Bertz CT molecular complexity index is 420. The van der Waals surface area contributed by atoms with Gasteiger partial charge in [-0.3, -0.25) is 4.90 Å². The standard InChI is InChI=1S/C13H16F3NO2/c14-11-7-9(1-2-12(11)19-13(15)16)8-17-5-3-10(18)4-6-17/h1-2,7,10,13,18H,3-6,8H2. The predicted octanol–water partition coefficient (Wildman–Crippen LogP) is 2.38. The number of ether oxygens (including phenoxy) is 1. The number of benzene rings is 1. The van der Waals surface area contributed by atoms with Crippen molar-refractivity contribution in [1.82, 2.24) is 4.90 Å². The van der Waals surface area contributed by atoms with E-state index in [9.17, 15) is 18.3 Å². The van der Waals surface area contributed by atoms with Gasteiger partial charge in [-0.1, -0.05) is 6.07 Å². The molecule has 1 aliphatic rings. The van der Waals surface area contributed by atoms with E-state index in [2.05, 4.69) is 9.64 Å². The van der Waals surface area contributed by atoms with Gasteiger partial charge in [0.05, 0.1) is 6.10 Å². The summed E-state index contributed by atoms with van der Waals surface area (Å²) in [6.07, 6.45) is 1.15. The van der Waals surface area contributed by atoms with Crippen molar-refractivity contribution >= 4 is 0 Å². The van der Waals surface area contributed by atoms with Crippen molar-refractivity contribution < 1.29 is 23.0 Å². The molecule has 0 unspecified atom stereocenters. The Morgan fingerprint density at radius 2 is 2.00 bits per heavy atom. The summed E-state index contributed by atoms with van der Waals surface area (Å²) in [6, 6.07) is 4.00. The number of aliphatic hydroxyl groups excluding tert-OH is 1. The molecule has 1 aromatic rings. The second kappa shape index (κ2) is 6.25. The van der Waals surface area contributed by atoms with E-state index < -0.39 is 18.2 Å². The maximum atomic E-state index is 13.5. The molecule has 1 fully saturated rings. The van der Waals surface area contributed by atoms with E-state index in [4.69, 9.17) is 0 Å². The zero-order valence-electron chi connectivity index (χ0n) is 10.4. The summed E-state index contributed by atoms with van der Waals surface area (Å²) in [5.74, 6) is -1.22. The molecule has 106 valence electrons. The maximum absolute atomic E-state index is 13.5. The van der Waals surface area contributed by atoms with Gasteiger partial charge in [0, 0.05) is 19.6 Å². The molecule has 0 aliphatic carbocycles. The lowest BCUT2D eigenvalue weighted by atomic mass is 10.1. The second-order valence-corrected chi connectivity index (χ2v) is 4.65. The van der Waals surface area contributed by atoms with Gasteiger partial charge in [0.25, 0.3) is 0 Å². The highest BCUT2D eigenvalue weighted by atomic mass is 19.3. The van der Waals surface area contributed by atoms with E-state index >= 15 is 0 Å². The molecule has 0 saturated carbocycles. The monoisotopic (exact) mass is 275 g/mol. The lowest BCUT2D eigenvalue weighted by molar-refractivity contribution is -0.0522. The fraction of sp³-hybridized carbons (Fsp3) is 0.538. The van der Waals surface area contributed by atoms with E-state index in [1.807, 2.05) is 0 Å². The molecule has 19 heavy (non-hydrogen) atoms. The van der Waals surface area contributed by atoms with Gasteiger partial charge in [-0.25, -0.2) is 4.39 Å². The fourth-order valence-corrected chi connectivity index (χ4v) is 2.17. The Hall–Kier alpha value is -1.27. The maximum Gasteiger partial charge on any atom is 0.387 e. The molecule has 0 radical (unpaired) electrons. The van der Waals surface area contributed by atoms with Crippen LogP contribution in [0.3, 0.4) is 0 Å². The molecular weight excluding hydrogens is 259 g/mol. The Labute approximate surface area is 109 Å². The molecule has 0 aromatic heterocycles. The largest absolute Gasteiger partial charge is 0.432 e. The smallest absolute Gasteiger partial charge is 0.387 e. The van der Waals surface area contributed by atoms with Crippen LogP contribution in [-0.4, -0.2) is 35.8 Å². The Morgan fingerprint density at radius 3 is 2.58 bits per heavy atom. The van der Waals surface area contributed by atoms with Gasteiger partial charge in [0.2, 0.25) is 0 Å². The van der Waals surface area contributed by atoms with E-state index in [1.165, 1.54) is 12.1 Å². The first-order valence-corrected chi connectivity index (χ1v) is 6.18. The minimum absolute atomic E-state index is 0.255. The number of rotatable bonds is 4. The number of alkyl halides is 2. The molecule has 1 aromatic carbocycles. The van der Waals surface area contributed by atoms with Crippen molar-refractivity contribution in [1.29, 1.82) is 0 Å². The van der Waals surface area contributed by atoms with Crippen LogP contribution in [0.1, 0.15) is 18.4 Å². The number of hydrogen-bond donors (Lipinski definition) is 1. The molecule has 1 heterocycles. The van der Waals surface area contributed by atoms with Gasteiger partial charge in [-0.15, -0.1) is 0 Å².